The first kappa shape index (κ1) is 10.4. The Hall–Kier alpha value is -1.07. The van der Waals surface area contributed by atoms with E-state index in [1.54, 1.807) is 0 Å². The van der Waals surface area contributed by atoms with E-state index in [-0.39, 0.29) is 24.4 Å². The van der Waals surface area contributed by atoms with Crippen LogP contribution in [0.4, 0.5) is 0 Å². The summed E-state index contributed by atoms with van der Waals surface area (Å²) in [5, 5.41) is 9.43. The summed E-state index contributed by atoms with van der Waals surface area (Å²) in [6.45, 7) is 1.85. The molecule has 0 aromatic rings. The molecule has 1 saturated heterocycles. The summed E-state index contributed by atoms with van der Waals surface area (Å²) in [5.74, 6) is 0.205. The molecule has 2 aliphatic rings. The normalized spacial score (nSPS) is 26.7. The standard InChI is InChI=1S/C10H15NO4/c12-8-2-1-3-11(4-8)5-9(13)10-6-14-7-15-10/h6,8,12H,1-5,7H2. The third-order valence-corrected chi connectivity index (χ3v) is 2.60. The van der Waals surface area contributed by atoms with Gasteiger partial charge in [0.05, 0.1) is 12.6 Å². The molecule has 0 aromatic heterocycles. The van der Waals surface area contributed by atoms with Crippen molar-refractivity contribution in [3.05, 3.63) is 12.0 Å². The molecule has 2 heterocycles. The van der Waals surface area contributed by atoms with Crippen LogP contribution in [0.25, 0.3) is 0 Å². The SMILES string of the molecule is O=C(CN1CCCC(O)C1)C1=COCO1. The van der Waals surface area contributed by atoms with E-state index in [9.17, 15) is 9.90 Å². The third-order valence-electron chi connectivity index (χ3n) is 2.60. The number of piperidine rings is 1. The molecular weight excluding hydrogens is 198 g/mol. The van der Waals surface area contributed by atoms with Gasteiger partial charge in [0, 0.05) is 6.54 Å². The van der Waals surface area contributed by atoms with Crippen LogP contribution in [-0.4, -0.2) is 48.3 Å². The molecule has 1 unspecified atom stereocenters. The Bertz CT molecular complexity index is 277. The quantitative estimate of drug-likeness (QED) is 0.707. The third kappa shape index (κ3) is 2.70. The van der Waals surface area contributed by atoms with Crippen molar-refractivity contribution < 1.29 is 19.4 Å². The van der Waals surface area contributed by atoms with Gasteiger partial charge in [-0.15, -0.1) is 0 Å². The highest BCUT2D eigenvalue weighted by atomic mass is 16.7. The molecule has 0 saturated carbocycles. The van der Waals surface area contributed by atoms with Gasteiger partial charge in [0.1, 0.15) is 6.26 Å². The average molecular weight is 213 g/mol. The second-order valence-electron chi connectivity index (χ2n) is 3.87. The van der Waals surface area contributed by atoms with Crippen LogP contribution in [0.3, 0.4) is 0 Å². The number of rotatable bonds is 3. The van der Waals surface area contributed by atoms with Gasteiger partial charge in [0.25, 0.3) is 0 Å². The van der Waals surface area contributed by atoms with Gasteiger partial charge in [0.15, 0.2) is 0 Å². The van der Waals surface area contributed by atoms with Crippen LogP contribution in [0.2, 0.25) is 0 Å². The largest absolute Gasteiger partial charge is 0.461 e. The second-order valence-corrected chi connectivity index (χ2v) is 3.87. The smallest absolute Gasteiger partial charge is 0.230 e. The Morgan fingerprint density at radius 2 is 2.53 bits per heavy atom. The lowest BCUT2D eigenvalue weighted by Gasteiger charge is -2.29. The van der Waals surface area contributed by atoms with Gasteiger partial charge in [-0.3, -0.25) is 9.69 Å². The fraction of sp³-hybridized carbons (Fsp3) is 0.700. The average Bonchev–Trinajstić information content (AvgIpc) is 2.70. The van der Waals surface area contributed by atoms with Gasteiger partial charge in [-0.05, 0) is 19.4 Å². The van der Waals surface area contributed by atoms with E-state index in [0.717, 1.165) is 19.4 Å². The van der Waals surface area contributed by atoms with Crippen molar-refractivity contribution in [1.82, 2.24) is 4.90 Å². The maximum absolute atomic E-state index is 11.6. The summed E-state index contributed by atoms with van der Waals surface area (Å²) in [4.78, 5) is 13.6. The van der Waals surface area contributed by atoms with Crippen LogP contribution < -0.4 is 0 Å². The molecule has 0 radical (unpaired) electrons. The van der Waals surface area contributed by atoms with Gasteiger partial charge in [-0.1, -0.05) is 0 Å². The summed E-state index contributed by atoms with van der Waals surface area (Å²) in [5.41, 5.74) is 0. The zero-order chi connectivity index (χ0) is 10.7. The first-order valence-corrected chi connectivity index (χ1v) is 5.14. The Balaban J connectivity index is 1.82. The molecule has 1 fully saturated rings. The summed E-state index contributed by atoms with van der Waals surface area (Å²) >= 11 is 0. The first-order valence-electron chi connectivity index (χ1n) is 5.14. The molecule has 0 bridgehead atoms. The Morgan fingerprint density at radius 3 is 3.20 bits per heavy atom. The van der Waals surface area contributed by atoms with Crippen LogP contribution in [0.5, 0.6) is 0 Å². The topological polar surface area (TPSA) is 59.0 Å². The molecule has 1 N–H and O–H groups in total. The Morgan fingerprint density at radius 1 is 1.67 bits per heavy atom. The Labute approximate surface area is 88.3 Å². The fourth-order valence-electron chi connectivity index (χ4n) is 1.84. The second kappa shape index (κ2) is 4.63. The molecule has 84 valence electrons. The van der Waals surface area contributed by atoms with Crippen LogP contribution in [0.1, 0.15) is 12.8 Å². The predicted octanol–water partition coefficient (Wildman–Crippen LogP) is -0.142. The van der Waals surface area contributed by atoms with Crippen LogP contribution >= 0.6 is 0 Å². The van der Waals surface area contributed by atoms with E-state index >= 15 is 0 Å². The fourth-order valence-corrected chi connectivity index (χ4v) is 1.84. The lowest BCUT2D eigenvalue weighted by molar-refractivity contribution is -0.120. The van der Waals surface area contributed by atoms with Gasteiger partial charge in [-0.2, -0.15) is 0 Å². The number of ketones is 1. The number of aliphatic hydroxyl groups excluding tert-OH is 1. The maximum Gasteiger partial charge on any atom is 0.230 e. The van der Waals surface area contributed by atoms with E-state index in [0.29, 0.717) is 13.1 Å². The zero-order valence-corrected chi connectivity index (χ0v) is 8.52. The monoisotopic (exact) mass is 213 g/mol. The first-order chi connectivity index (χ1) is 7.25. The molecule has 2 aliphatic heterocycles. The van der Waals surface area contributed by atoms with Gasteiger partial charge in [0.2, 0.25) is 18.3 Å². The molecule has 0 amide bonds. The van der Waals surface area contributed by atoms with E-state index in [2.05, 4.69) is 0 Å². The molecule has 1 atom stereocenters. The van der Waals surface area contributed by atoms with Crippen molar-refractivity contribution >= 4 is 5.78 Å². The highest BCUT2D eigenvalue weighted by Crippen LogP contribution is 2.12. The number of hydrogen-bond acceptors (Lipinski definition) is 5. The molecule has 5 nitrogen and oxygen atoms in total. The van der Waals surface area contributed by atoms with Crippen molar-refractivity contribution in [3.8, 4) is 0 Å². The molecule has 5 heteroatoms. The molecular formula is C10H15NO4. The molecule has 15 heavy (non-hydrogen) atoms. The number of aliphatic hydroxyl groups is 1. The van der Waals surface area contributed by atoms with Crippen molar-refractivity contribution in [2.75, 3.05) is 26.4 Å². The van der Waals surface area contributed by atoms with Crippen molar-refractivity contribution in [2.24, 2.45) is 0 Å². The van der Waals surface area contributed by atoms with Crippen LogP contribution in [-0.2, 0) is 14.3 Å². The lowest BCUT2D eigenvalue weighted by atomic mass is 10.1. The summed E-state index contributed by atoms with van der Waals surface area (Å²) < 4.78 is 9.80. The van der Waals surface area contributed by atoms with Crippen molar-refractivity contribution in [3.63, 3.8) is 0 Å². The van der Waals surface area contributed by atoms with Crippen LogP contribution in [0.15, 0.2) is 12.0 Å². The highest BCUT2D eigenvalue weighted by Gasteiger charge is 2.23. The van der Waals surface area contributed by atoms with E-state index in [1.807, 2.05) is 4.90 Å². The van der Waals surface area contributed by atoms with Gasteiger partial charge >= 0.3 is 0 Å². The van der Waals surface area contributed by atoms with E-state index in [1.165, 1.54) is 6.26 Å². The number of hydrogen-bond donors (Lipinski definition) is 1. The van der Waals surface area contributed by atoms with Crippen LogP contribution in [0, 0.1) is 0 Å². The predicted molar refractivity (Wildman–Crippen MR) is 51.8 cm³/mol. The summed E-state index contributed by atoms with van der Waals surface area (Å²) in [7, 11) is 0. The maximum atomic E-state index is 11.6. The number of nitrogens with zero attached hydrogens (tertiary/aromatic N) is 1. The minimum atomic E-state index is -0.304. The molecule has 0 aliphatic carbocycles. The lowest BCUT2D eigenvalue weighted by Crippen LogP contribution is -2.41. The van der Waals surface area contributed by atoms with Gasteiger partial charge < -0.3 is 14.6 Å². The number of Topliss-reactive ketones (excluding diaryl/α,β-unsaturated/α-hetero) is 1. The molecule has 2 rings (SSSR count). The van der Waals surface area contributed by atoms with Crippen molar-refractivity contribution in [2.45, 2.75) is 18.9 Å². The molecule has 0 spiro atoms. The van der Waals surface area contributed by atoms with E-state index < -0.39 is 0 Å². The van der Waals surface area contributed by atoms with Crippen molar-refractivity contribution in [1.29, 1.82) is 0 Å². The number of carbonyl (C=O) groups is 1. The number of ether oxygens (including phenoxy) is 2. The minimum Gasteiger partial charge on any atom is -0.461 e. The number of β-amino-alcohol motifs (C(OH)–C–C–N with tert-alkyl or cyclic N) is 1. The molecule has 0 aromatic carbocycles. The summed E-state index contributed by atoms with van der Waals surface area (Å²) in [6.07, 6.45) is 2.81. The zero-order valence-electron chi connectivity index (χ0n) is 8.52. The van der Waals surface area contributed by atoms with Gasteiger partial charge in [-0.25, -0.2) is 0 Å². The number of likely N-dealkylation sites (tertiary alicyclic amines) is 1. The Kier molecular flexibility index (Phi) is 3.23. The summed E-state index contributed by atoms with van der Waals surface area (Å²) in [6, 6.07) is 0. The van der Waals surface area contributed by atoms with E-state index in [4.69, 9.17) is 9.47 Å². The highest BCUT2D eigenvalue weighted by molar-refractivity contribution is 5.95. The minimum absolute atomic E-state index is 0.0819. The number of carbonyl (C=O) groups excluding carboxylic acids is 1.